The van der Waals surface area contributed by atoms with Crippen LogP contribution in [0.5, 0.6) is 0 Å². The van der Waals surface area contributed by atoms with E-state index in [0.717, 1.165) is 11.1 Å². The molecule has 0 saturated carbocycles. The van der Waals surface area contributed by atoms with Crippen LogP contribution in [-0.2, 0) is 6.42 Å². The number of rotatable bonds is 7. The lowest BCUT2D eigenvalue weighted by atomic mass is 10.1. The van der Waals surface area contributed by atoms with Gasteiger partial charge in [-0.15, -0.1) is 0 Å². The van der Waals surface area contributed by atoms with Crippen LogP contribution in [0.4, 0.5) is 0 Å². The third kappa shape index (κ3) is 4.44. The summed E-state index contributed by atoms with van der Waals surface area (Å²) in [6, 6.07) is 20.3. The SMILES string of the molecule is C[C@H](c1ccccc1)N(CCc1nc(-c2cccc(Cl)c2)no1)C(=O)c1ccco1. The minimum absolute atomic E-state index is 0.154. The predicted molar refractivity (Wildman–Crippen MR) is 113 cm³/mol. The highest BCUT2D eigenvalue weighted by atomic mass is 35.5. The number of aromatic nitrogens is 2. The van der Waals surface area contributed by atoms with E-state index in [4.69, 9.17) is 20.5 Å². The Hall–Kier alpha value is -3.38. The van der Waals surface area contributed by atoms with Crippen molar-refractivity contribution in [3.63, 3.8) is 0 Å². The molecule has 0 fully saturated rings. The van der Waals surface area contributed by atoms with Crippen LogP contribution in [0, 0.1) is 0 Å². The van der Waals surface area contributed by atoms with E-state index >= 15 is 0 Å². The Kier molecular flexibility index (Phi) is 5.95. The summed E-state index contributed by atoms with van der Waals surface area (Å²) >= 11 is 6.04. The molecule has 4 rings (SSSR count). The minimum atomic E-state index is -0.189. The van der Waals surface area contributed by atoms with E-state index < -0.39 is 0 Å². The van der Waals surface area contributed by atoms with Gasteiger partial charge in [-0.3, -0.25) is 4.79 Å². The predicted octanol–water partition coefficient (Wildman–Crippen LogP) is 5.43. The molecule has 4 aromatic rings. The molecule has 0 unspecified atom stereocenters. The average Bonchev–Trinajstić information content (AvgIpc) is 3.47. The summed E-state index contributed by atoms with van der Waals surface area (Å²) in [5, 5.41) is 4.64. The van der Waals surface area contributed by atoms with Crippen molar-refractivity contribution in [2.75, 3.05) is 6.54 Å². The monoisotopic (exact) mass is 421 g/mol. The first-order chi connectivity index (χ1) is 14.6. The van der Waals surface area contributed by atoms with Crippen molar-refractivity contribution in [2.24, 2.45) is 0 Å². The molecule has 0 N–H and O–H groups in total. The average molecular weight is 422 g/mol. The normalized spacial score (nSPS) is 11.9. The van der Waals surface area contributed by atoms with E-state index in [1.165, 1.54) is 6.26 Å². The van der Waals surface area contributed by atoms with Gasteiger partial charge in [0.15, 0.2) is 5.76 Å². The van der Waals surface area contributed by atoms with Gasteiger partial charge >= 0.3 is 0 Å². The first-order valence-electron chi connectivity index (χ1n) is 9.60. The molecule has 1 amide bonds. The molecule has 2 aromatic carbocycles. The molecular formula is C23H20ClN3O3. The van der Waals surface area contributed by atoms with Crippen LogP contribution >= 0.6 is 11.6 Å². The van der Waals surface area contributed by atoms with Gasteiger partial charge < -0.3 is 13.8 Å². The molecular weight excluding hydrogens is 402 g/mol. The van der Waals surface area contributed by atoms with Crippen molar-refractivity contribution in [1.29, 1.82) is 0 Å². The molecule has 152 valence electrons. The quantitative estimate of drug-likeness (QED) is 0.398. The number of halogens is 1. The van der Waals surface area contributed by atoms with E-state index in [0.29, 0.717) is 35.5 Å². The Morgan fingerprint density at radius 1 is 1.10 bits per heavy atom. The highest BCUT2D eigenvalue weighted by Crippen LogP contribution is 2.24. The Morgan fingerprint density at radius 3 is 2.67 bits per heavy atom. The number of benzene rings is 2. The van der Waals surface area contributed by atoms with Crippen LogP contribution in [0.25, 0.3) is 11.4 Å². The number of hydrogen-bond donors (Lipinski definition) is 0. The number of furan rings is 1. The van der Waals surface area contributed by atoms with Crippen molar-refractivity contribution in [2.45, 2.75) is 19.4 Å². The highest BCUT2D eigenvalue weighted by Gasteiger charge is 2.25. The second kappa shape index (κ2) is 8.97. The van der Waals surface area contributed by atoms with E-state index in [2.05, 4.69) is 10.1 Å². The zero-order valence-corrected chi connectivity index (χ0v) is 17.1. The van der Waals surface area contributed by atoms with Crippen LogP contribution in [0.2, 0.25) is 5.02 Å². The molecule has 6 nitrogen and oxygen atoms in total. The van der Waals surface area contributed by atoms with E-state index in [1.807, 2.05) is 49.4 Å². The second-order valence-corrected chi connectivity index (χ2v) is 7.27. The van der Waals surface area contributed by atoms with Crippen LogP contribution in [0.1, 0.15) is 35.0 Å². The smallest absolute Gasteiger partial charge is 0.290 e. The summed E-state index contributed by atoms with van der Waals surface area (Å²) < 4.78 is 10.7. The van der Waals surface area contributed by atoms with Crippen molar-refractivity contribution in [1.82, 2.24) is 15.0 Å². The summed E-state index contributed by atoms with van der Waals surface area (Å²) in [4.78, 5) is 19.3. The second-order valence-electron chi connectivity index (χ2n) is 6.83. The summed E-state index contributed by atoms with van der Waals surface area (Å²) in [5.74, 6) is 1.02. The summed E-state index contributed by atoms with van der Waals surface area (Å²) in [7, 11) is 0. The molecule has 0 aliphatic rings. The van der Waals surface area contributed by atoms with E-state index in [-0.39, 0.29) is 11.9 Å². The van der Waals surface area contributed by atoms with Gasteiger partial charge in [-0.2, -0.15) is 4.98 Å². The maximum atomic E-state index is 13.1. The zero-order chi connectivity index (χ0) is 20.9. The van der Waals surface area contributed by atoms with E-state index in [9.17, 15) is 4.79 Å². The van der Waals surface area contributed by atoms with Gasteiger partial charge in [0.2, 0.25) is 11.7 Å². The molecule has 1 atom stereocenters. The fourth-order valence-corrected chi connectivity index (χ4v) is 3.43. The van der Waals surface area contributed by atoms with Crippen LogP contribution in [0.3, 0.4) is 0 Å². The Balaban J connectivity index is 1.53. The molecule has 2 heterocycles. The number of nitrogens with zero attached hydrogens (tertiary/aromatic N) is 3. The lowest BCUT2D eigenvalue weighted by Crippen LogP contribution is -2.35. The minimum Gasteiger partial charge on any atom is -0.459 e. The summed E-state index contributed by atoms with van der Waals surface area (Å²) in [5.41, 5.74) is 1.81. The van der Waals surface area contributed by atoms with Gasteiger partial charge in [0.25, 0.3) is 5.91 Å². The van der Waals surface area contributed by atoms with Gasteiger partial charge in [-0.05, 0) is 36.8 Å². The first-order valence-corrected chi connectivity index (χ1v) is 9.97. The Labute approximate surface area is 179 Å². The number of carbonyl (C=O) groups excluding carboxylic acids is 1. The summed E-state index contributed by atoms with van der Waals surface area (Å²) in [6.45, 7) is 2.38. The van der Waals surface area contributed by atoms with Crippen LogP contribution in [0.15, 0.2) is 81.9 Å². The van der Waals surface area contributed by atoms with Crippen LogP contribution in [-0.4, -0.2) is 27.5 Å². The van der Waals surface area contributed by atoms with Gasteiger partial charge in [-0.1, -0.05) is 59.2 Å². The molecule has 30 heavy (non-hydrogen) atoms. The molecule has 7 heteroatoms. The molecule has 0 spiro atoms. The third-order valence-electron chi connectivity index (χ3n) is 4.86. The fraction of sp³-hybridized carbons (Fsp3) is 0.174. The molecule has 0 bridgehead atoms. The zero-order valence-electron chi connectivity index (χ0n) is 16.4. The first kappa shape index (κ1) is 19.9. The molecule has 0 saturated heterocycles. The van der Waals surface area contributed by atoms with Crippen LogP contribution < -0.4 is 0 Å². The van der Waals surface area contributed by atoms with Gasteiger partial charge in [-0.25, -0.2) is 0 Å². The fourth-order valence-electron chi connectivity index (χ4n) is 3.24. The standard InChI is InChI=1S/C23H20ClN3O3/c1-16(17-7-3-2-4-8-17)27(23(28)20-11-6-14-29-20)13-12-21-25-22(26-30-21)18-9-5-10-19(24)15-18/h2-11,14-16H,12-13H2,1H3/t16-/m1/s1. The molecule has 2 aromatic heterocycles. The Morgan fingerprint density at radius 2 is 1.93 bits per heavy atom. The van der Waals surface area contributed by atoms with Crippen molar-refractivity contribution < 1.29 is 13.7 Å². The molecule has 0 aliphatic carbocycles. The largest absolute Gasteiger partial charge is 0.459 e. The maximum Gasteiger partial charge on any atom is 0.290 e. The van der Waals surface area contributed by atoms with Crippen molar-refractivity contribution >= 4 is 17.5 Å². The highest BCUT2D eigenvalue weighted by molar-refractivity contribution is 6.30. The van der Waals surface area contributed by atoms with Crippen molar-refractivity contribution in [3.05, 3.63) is 95.2 Å². The Bertz CT molecular complexity index is 1110. The maximum absolute atomic E-state index is 13.1. The number of carbonyl (C=O) groups is 1. The molecule has 0 aliphatic heterocycles. The van der Waals surface area contributed by atoms with Gasteiger partial charge in [0, 0.05) is 23.6 Å². The topological polar surface area (TPSA) is 72.4 Å². The van der Waals surface area contributed by atoms with Gasteiger partial charge in [0.05, 0.1) is 12.3 Å². The third-order valence-corrected chi connectivity index (χ3v) is 5.09. The van der Waals surface area contributed by atoms with Gasteiger partial charge in [0.1, 0.15) is 0 Å². The number of amides is 1. The van der Waals surface area contributed by atoms with E-state index in [1.54, 1.807) is 29.2 Å². The van der Waals surface area contributed by atoms with Crippen molar-refractivity contribution in [3.8, 4) is 11.4 Å². The lowest BCUT2D eigenvalue weighted by molar-refractivity contribution is 0.0656. The summed E-state index contributed by atoms with van der Waals surface area (Å²) in [6.07, 6.45) is 1.91. The number of hydrogen-bond acceptors (Lipinski definition) is 5. The molecule has 0 radical (unpaired) electrons. The lowest BCUT2D eigenvalue weighted by Gasteiger charge is -2.28.